The number of carbonyl (C=O) groups is 2. The SMILES string of the molecule is O=C1CCN(C2CCS(=O)(=O)C2)C(=O)C2(CCCC2)N1. The van der Waals surface area contributed by atoms with E-state index in [0.29, 0.717) is 25.8 Å². The van der Waals surface area contributed by atoms with Gasteiger partial charge in [-0.05, 0) is 19.3 Å². The van der Waals surface area contributed by atoms with Crippen molar-refractivity contribution in [1.82, 2.24) is 10.2 Å². The number of hydrogen-bond acceptors (Lipinski definition) is 4. The topological polar surface area (TPSA) is 83.6 Å². The van der Waals surface area contributed by atoms with Crippen LogP contribution in [0.3, 0.4) is 0 Å². The Balaban J connectivity index is 1.87. The number of hydrogen-bond donors (Lipinski definition) is 1. The molecule has 1 aliphatic carbocycles. The van der Waals surface area contributed by atoms with Gasteiger partial charge in [0.15, 0.2) is 9.84 Å². The van der Waals surface area contributed by atoms with E-state index in [0.717, 1.165) is 12.8 Å². The van der Waals surface area contributed by atoms with E-state index in [9.17, 15) is 18.0 Å². The van der Waals surface area contributed by atoms with Crippen molar-refractivity contribution in [2.75, 3.05) is 18.1 Å². The van der Waals surface area contributed by atoms with E-state index in [4.69, 9.17) is 0 Å². The fourth-order valence-corrected chi connectivity index (χ4v) is 5.40. The number of nitrogens with one attached hydrogen (secondary N) is 1. The van der Waals surface area contributed by atoms with Crippen molar-refractivity contribution in [2.24, 2.45) is 0 Å². The molecule has 3 aliphatic rings. The Morgan fingerprint density at radius 1 is 1.20 bits per heavy atom. The third-order valence-corrected chi connectivity index (χ3v) is 6.49. The lowest BCUT2D eigenvalue weighted by molar-refractivity contribution is -0.140. The smallest absolute Gasteiger partial charge is 0.248 e. The number of amides is 2. The summed E-state index contributed by atoms with van der Waals surface area (Å²) in [6, 6.07) is -0.252. The normalized spacial score (nSPS) is 32.4. The molecule has 2 heterocycles. The Morgan fingerprint density at radius 3 is 2.50 bits per heavy atom. The molecule has 2 amide bonds. The summed E-state index contributed by atoms with van der Waals surface area (Å²) in [6.45, 7) is 0.340. The van der Waals surface area contributed by atoms with Gasteiger partial charge in [0.25, 0.3) is 0 Å². The molecule has 7 heteroatoms. The van der Waals surface area contributed by atoms with Crippen LogP contribution >= 0.6 is 0 Å². The summed E-state index contributed by atoms with van der Waals surface area (Å²) in [5.74, 6) is 0.0327. The third kappa shape index (κ3) is 2.32. The number of carbonyl (C=O) groups excluding carboxylic acids is 2. The first-order valence-electron chi connectivity index (χ1n) is 7.24. The Labute approximate surface area is 118 Å². The van der Waals surface area contributed by atoms with Gasteiger partial charge in [-0.1, -0.05) is 12.8 Å². The van der Waals surface area contributed by atoms with Crippen LogP contribution in [0.1, 0.15) is 38.5 Å². The van der Waals surface area contributed by atoms with Gasteiger partial charge in [-0.15, -0.1) is 0 Å². The van der Waals surface area contributed by atoms with Crippen molar-refractivity contribution in [2.45, 2.75) is 50.1 Å². The van der Waals surface area contributed by atoms with Crippen molar-refractivity contribution >= 4 is 21.7 Å². The maximum atomic E-state index is 12.8. The summed E-state index contributed by atoms with van der Waals surface area (Å²) in [5, 5.41) is 2.90. The second-order valence-corrected chi connectivity index (χ2v) is 8.37. The Morgan fingerprint density at radius 2 is 1.90 bits per heavy atom. The molecule has 2 saturated heterocycles. The van der Waals surface area contributed by atoms with Gasteiger partial charge in [0.2, 0.25) is 11.8 Å². The minimum atomic E-state index is -3.03. The Bertz CT molecular complexity index is 537. The molecule has 1 unspecified atom stereocenters. The highest BCUT2D eigenvalue weighted by atomic mass is 32.2. The maximum Gasteiger partial charge on any atom is 0.248 e. The minimum Gasteiger partial charge on any atom is -0.342 e. The predicted molar refractivity (Wildman–Crippen MR) is 72.7 cm³/mol. The van der Waals surface area contributed by atoms with E-state index in [1.807, 2.05) is 0 Å². The molecule has 2 aliphatic heterocycles. The van der Waals surface area contributed by atoms with E-state index in [-0.39, 0.29) is 35.8 Å². The van der Waals surface area contributed by atoms with Crippen molar-refractivity contribution in [3.05, 3.63) is 0 Å². The second-order valence-electron chi connectivity index (χ2n) is 6.14. The molecule has 1 N–H and O–H groups in total. The predicted octanol–water partition coefficient (Wildman–Crippen LogP) is -0.165. The summed E-state index contributed by atoms with van der Waals surface area (Å²) < 4.78 is 23.3. The monoisotopic (exact) mass is 300 g/mol. The van der Waals surface area contributed by atoms with Gasteiger partial charge in [0, 0.05) is 19.0 Å². The van der Waals surface area contributed by atoms with Crippen LogP contribution in [0.5, 0.6) is 0 Å². The van der Waals surface area contributed by atoms with E-state index in [1.54, 1.807) is 4.90 Å². The molecule has 1 atom stereocenters. The first-order valence-corrected chi connectivity index (χ1v) is 9.07. The lowest BCUT2D eigenvalue weighted by atomic mass is 9.95. The minimum absolute atomic E-state index is 0.0447. The molecule has 0 radical (unpaired) electrons. The molecule has 0 aromatic heterocycles. The van der Waals surface area contributed by atoms with E-state index in [1.165, 1.54) is 0 Å². The highest BCUT2D eigenvalue weighted by Crippen LogP contribution is 2.34. The van der Waals surface area contributed by atoms with Crippen LogP contribution < -0.4 is 5.32 Å². The zero-order valence-electron chi connectivity index (χ0n) is 11.4. The fraction of sp³-hybridized carbons (Fsp3) is 0.846. The van der Waals surface area contributed by atoms with Crippen LogP contribution in [0.4, 0.5) is 0 Å². The van der Waals surface area contributed by atoms with Gasteiger partial charge in [-0.3, -0.25) is 9.59 Å². The van der Waals surface area contributed by atoms with E-state index in [2.05, 4.69) is 5.32 Å². The van der Waals surface area contributed by atoms with Gasteiger partial charge in [-0.25, -0.2) is 8.42 Å². The fourth-order valence-electron chi connectivity index (χ4n) is 3.67. The third-order valence-electron chi connectivity index (χ3n) is 4.73. The summed E-state index contributed by atoms with van der Waals surface area (Å²) in [4.78, 5) is 26.4. The average Bonchev–Trinajstić information content (AvgIpc) is 2.94. The molecule has 0 bridgehead atoms. The standard InChI is InChI=1S/C13H20N2O4S/c16-11-3-7-15(10-4-8-20(18,19)9-10)12(17)13(14-11)5-1-2-6-13/h10H,1-9H2,(H,14,16). The van der Waals surface area contributed by atoms with Gasteiger partial charge in [-0.2, -0.15) is 0 Å². The molecule has 112 valence electrons. The zero-order chi connectivity index (χ0) is 14.4. The van der Waals surface area contributed by atoms with E-state index >= 15 is 0 Å². The van der Waals surface area contributed by atoms with Crippen LogP contribution in [0.15, 0.2) is 0 Å². The lowest BCUT2D eigenvalue weighted by Gasteiger charge is -2.34. The molecule has 20 heavy (non-hydrogen) atoms. The second kappa shape index (κ2) is 4.72. The zero-order valence-corrected chi connectivity index (χ0v) is 12.2. The molecule has 6 nitrogen and oxygen atoms in total. The van der Waals surface area contributed by atoms with Crippen LogP contribution in [0.25, 0.3) is 0 Å². The molecular formula is C13H20N2O4S. The summed E-state index contributed by atoms with van der Waals surface area (Å²) in [7, 11) is -3.03. The summed E-state index contributed by atoms with van der Waals surface area (Å²) in [6.07, 6.45) is 3.98. The van der Waals surface area contributed by atoms with Crippen molar-refractivity contribution in [3.63, 3.8) is 0 Å². The van der Waals surface area contributed by atoms with Crippen LogP contribution in [0.2, 0.25) is 0 Å². The van der Waals surface area contributed by atoms with Crippen LogP contribution in [0, 0.1) is 0 Å². The maximum absolute atomic E-state index is 12.8. The van der Waals surface area contributed by atoms with Crippen molar-refractivity contribution in [3.8, 4) is 0 Å². The molecule has 3 rings (SSSR count). The Kier molecular flexibility index (Phi) is 3.27. The highest BCUT2D eigenvalue weighted by molar-refractivity contribution is 7.91. The van der Waals surface area contributed by atoms with Gasteiger partial charge in [0.1, 0.15) is 5.54 Å². The van der Waals surface area contributed by atoms with Gasteiger partial charge < -0.3 is 10.2 Å². The number of nitrogens with zero attached hydrogens (tertiary/aromatic N) is 1. The van der Waals surface area contributed by atoms with Gasteiger partial charge in [0.05, 0.1) is 11.5 Å². The number of rotatable bonds is 1. The van der Waals surface area contributed by atoms with Crippen LogP contribution in [-0.4, -0.2) is 54.8 Å². The first kappa shape index (κ1) is 13.9. The molecule has 0 aromatic rings. The molecule has 3 fully saturated rings. The average molecular weight is 300 g/mol. The van der Waals surface area contributed by atoms with Crippen LogP contribution in [-0.2, 0) is 19.4 Å². The molecular weight excluding hydrogens is 280 g/mol. The largest absolute Gasteiger partial charge is 0.342 e. The lowest BCUT2D eigenvalue weighted by Crippen LogP contribution is -2.57. The van der Waals surface area contributed by atoms with Crippen molar-refractivity contribution < 1.29 is 18.0 Å². The summed E-state index contributed by atoms with van der Waals surface area (Å²) >= 11 is 0. The highest BCUT2D eigenvalue weighted by Gasteiger charge is 2.49. The molecule has 1 spiro atoms. The molecule has 1 saturated carbocycles. The Hall–Kier alpha value is -1.11. The quantitative estimate of drug-likeness (QED) is 0.729. The number of sulfone groups is 1. The van der Waals surface area contributed by atoms with Crippen molar-refractivity contribution in [1.29, 1.82) is 0 Å². The molecule has 0 aromatic carbocycles. The van der Waals surface area contributed by atoms with Gasteiger partial charge >= 0.3 is 0 Å². The summed E-state index contributed by atoms with van der Waals surface area (Å²) in [5.41, 5.74) is -0.764. The van der Waals surface area contributed by atoms with E-state index < -0.39 is 15.4 Å². The first-order chi connectivity index (χ1) is 9.42.